The van der Waals surface area contributed by atoms with Gasteiger partial charge in [0.1, 0.15) is 19.2 Å². The highest BCUT2D eigenvalue weighted by atomic mass is 16.4. The Kier molecular flexibility index (Phi) is 3.39. The van der Waals surface area contributed by atoms with Gasteiger partial charge in [-0.15, -0.1) is 0 Å². The predicted molar refractivity (Wildman–Crippen MR) is 72.3 cm³/mol. The van der Waals surface area contributed by atoms with Crippen molar-refractivity contribution in [1.29, 1.82) is 0 Å². The van der Waals surface area contributed by atoms with Crippen LogP contribution in [0.25, 0.3) is 0 Å². The molecule has 1 aromatic heterocycles. The van der Waals surface area contributed by atoms with Gasteiger partial charge in [0.05, 0.1) is 5.92 Å². The lowest BCUT2D eigenvalue weighted by atomic mass is 9.90. The third-order valence-corrected chi connectivity index (χ3v) is 3.61. The Bertz CT molecular complexity index is 669. The van der Waals surface area contributed by atoms with Gasteiger partial charge in [-0.05, 0) is 11.1 Å². The lowest BCUT2D eigenvalue weighted by Gasteiger charge is -2.32. The van der Waals surface area contributed by atoms with Crippen molar-refractivity contribution >= 4 is 11.9 Å². The zero-order valence-corrected chi connectivity index (χ0v) is 11.2. The molecule has 7 heteroatoms. The van der Waals surface area contributed by atoms with Crippen LogP contribution in [0.4, 0.5) is 0 Å². The highest BCUT2D eigenvalue weighted by Gasteiger charge is 2.32. The van der Waals surface area contributed by atoms with Crippen molar-refractivity contribution in [1.82, 2.24) is 19.7 Å². The summed E-state index contributed by atoms with van der Waals surface area (Å²) < 4.78 is 1.43. The van der Waals surface area contributed by atoms with Crippen LogP contribution in [-0.4, -0.2) is 43.2 Å². The molecule has 0 radical (unpaired) electrons. The molecular formula is C14H14N4O3. The van der Waals surface area contributed by atoms with Gasteiger partial charge in [0.15, 0.2) is 0 Å². The van der Waals surface area contributed by atoms with Gasteiger partial charge < -0.3 is 10.0 Å². The lowest BCUT2D eigenvalue weighted by molar-refractivity contribution is -0.141. The normalized spacial score (nSPS) is 17.3. The molecule has 2 aromatic rings. The predicted octanol–water partition coefficient (Wildman–Crippen LogP) is 0.489. The van der Waals surface area contributed by atoms with E-state index in [1.165, 1.54) is 17.3 Å². The van der Waals surface area contributed by atoms with E-state index in [1.807, 2.05) is 24.3 Å². The van der Waals surface area contributed by atoms with Gasteiger partial charge in [0, 0.05) is 13.1 Å². The molecule has 0 bridgehead atoms. The van der Waals surface area contributed by atoms with Crippen LogP contribution < -0.4 is 0 Å². The van der Waals surface area contributed by atoms with E-state index in [1.54, 1.807) is 4.90 Å². The molecule has 1 aliphatic rings. The van der Waals surface area contributed by atoms with Crippen molar-refractivity contribution in [3.05, 3.63) is 48.0 Å². The summed E-state index contributed by atoms with van der Waals surface area (Å²) in [6.07, 6.45) is 2.82. The number of benzene rings is 1. The molecule has 1 N–H and O–H groups in total. The van der Waals surface area contributed by atoms with Crippen molar-refractivity contribution in [3.8, 4) is 0 Å². The molecule has 1 amide bonds. The molecule has 0 fully saturated rings. The molecule has 3 rings (SSSR count). The second-order valence-corrected chi connectivity index (χ2v) is 4.96. The number of carbonyl (C=O) groups excluding carboxylic acids is 1. The Morgan fingerprint density at radius 2 is 2.14 bits per heavy atom. The molecule has 1 unspecified atom stereocenters. The van der Waals surface area contributed by atoms with Crippen LogP contribution in [0.1, 0.15) is 17.0 Å². The van der Waals surface area contributed by atoms with Gasteiger partial charge in [-0.1, -0.05) is 24.3 Å². The quantitative estimate of drug-likeness (QED) is 0.887. The van der Waals surface area contributed by atoms with Gasteiger partial charge in [-0.2, -0.15) is 5.10 Å². The first-order valence-corrected chi connectivity index (χ1v) is 6.56. The van der Waals surface area contributed by atoms with Crippen molar-refractivity contribution in [2.75, 3.05) is 6.54 Å². The number of aliphatic carboxylic acids is 1. The van der Waals surface area contributed by atoms with Gasteiger partial charge in [-0.25, -0.2) is 9.67 Å². The Hall–Kier alpha value is -2.70. The first-order chi connectivity index (χ1) is 10.1. The number of rotatable bonds is 3. The minimum Gasteiger partial charge on any atom is -0.481 e. The maximum atomic E-state index is 12.3. The molecule has 0 spiro atoms. The molecule has 0 saturated heterocycles. The number of nitrogens with zero attached hydrogens (tertiary/aromatic N) is 4. The largest absolute Gasteiger partial charge is 0.481 e. The molecule has 108 valence electrons. The Labute approximate surface area is 120 Å². The van der Waals surface area contributed by atoms with E-state index in [2.05, 4.69) is 10.1 Å². The van der Waals surface area contributed by atoms with E-state index in [4.69, 9.17) is 0 Å². The van der Waals surface area contributed by atoms with Gasteiger partial charge in [0.2, 0.25) is 5.91 Å². The summed E-state index contributed by atoms with van der Waals surface area (Å²) in [6, 6.07) is 7.35. The average Bonchev–Trinajstić information content (AvgIpc) is 2.98. The lowest BCUT2D eigenvalue weighted by Crippen LogP contribution is -2.42. The molecular weight excluding hydrogens is 272 g/mol. The zero-order chi connectivity index (χ0) is 14.8. The summed E-state index contributed by atoms with van der Waals surface area (Å²) in [7, 11) is 0. The molecule has 21 heavy (non-hydrogen) atoms. The van der Waals surface area contributed by atoms with Crippen LogP contribution in [0.2, 0.25) is 0 Å². The van der Waals surface area contributed by atoms with E-state index in [-0.39, 0.29) is 19.0 Å². The van der Waals surface area contributed by atoms with Crippen LogP contribution in [0.3, 0.4) is 0 Å². The van der Waals surface area contributed by atoms with Gasteiger partial charge >= 0.3 is 5.97 Å². The maximum absolute atomic E-state index is 12.3. The monoisotopic (exact) mass is 286 g/mol. The van der Waals surface area contributed by atoms with Crippen LogP contribution in [0, 0.1) is 0 Å². The second-order valence-electron chi connectivity index (χ2n) is 4.96. The minimum atomic E-state index is -0.916. The van der Waals surface area contributed by atoms with Crippen LogP contribution in [-0.2, 0) is 22.7 Å². The average molecular weight is 286 g/mol. The molecule has 1 atom stereocenters. The Balaban J connectivity index is 1.82. The highest BCUT2D eigenvalue weighted by Crippen LogP contribution is 2.28. The summed E-state index contributed by atoms with van der Waals surface area (Å²) in [5.74, 6) is -1.77. The second kappa shape index (κ2) is 5.35. The molecule has 2 heterocycles. The maximum Gasteiger partial charge on any atom is 0.312 e. The standard InChI is InChI=1S/C14H14N4O3/c19-13(7-18-9-15-8-16-18)17-5-10-3-1-2-4-11(10)12(6-17)14(20)21/h1-4,8-9,12H,5-7H2,(H,20,21). The third kappa shape index (κ3) is 2.62. The first-order valence-electron chi connectivity index (χ1n) is 6.56. The van der Waals surface area contributed by atoms with Crippen molar-refractivity contribution in [2.45, 2.75) is 19.0 Å². The molecule has 7 nitrogen and oxygen atoms in total. The van der Waals surface area contributed by atoms with Crippen LogP contribution >= 0.6 is 0 Å². The fraction of sp³-hybridized carbons (Fsp3) is 0.286. The number of carboxylic acid groups (broad SMARTS) is 1. The Morgan fingerprint density at radius 3 is 2.86 bits per heavy atom. The van der Waals surface area contributed by atoms with E-state index in [0.29, 0.717) is 6.54 Å². The fourth-order valence-electron chi connectivity index (χ4n) is 2.56. The number of amides is 1. The number of carboxylic acids is 1. The summed E-state index contributed by atoms with van der Waals surface area (Å²) in [5, 5.41) is 13.3. The smallest absolute Gasteiger partial charge is 0.312 e. The van der Waals surface area contributed by atoms with Gasteiger partial charge in [-0.3, -0.25) is 9.59 Å². The van der Waals surface area contributed by atoms with E-state index >= 15 is 0 Å². The number of aromatic nitrogens is 3. The fourth-order valence-corrected chi connectivity index (χ4v) is 2.56. The topological polar surface area (TPSA) is 88.3 Å². The van der Waals surface area contributed by atoms with Crippen molar-refractivity contribution in [2.24, 2.45) is 0 Å². The highest BCUT2D eigenvalue weighted by molar-refractivity contribution is 5.81. The molecule has 1 aromatic carbocycles. The van der Waals surface area contributed by atoms with Crippen LogP contribution in [0.15, 0.2) is 36.9 Å². The number of hydrogen-bond acceptors (Lipinski definition) is 4. The summed E-state index contributed by atoms with van der Waals surface area (Å²) in [5.41, 5.74) is 1.66. The summed E-state index contributed by atoms with van der Waals surface area (Å²) in [6.45, 7) is 0.669. The summed E-state index contributed by atoms with van der Waals surface area (Å²) >= 11 is 0. The third-order valence-electron chi connectivity index (χ3n) is 3.61. The first kappa shape index (κ1) is 13.3. The molecule has 0 aliphatic carbocycles. The van der Waals surface area contributed by atoms with Crippen molar-refractivity contribution < 1.29 is 14.7 Å². The van der Waals surface area contributed by atoms with Gasteiger partial charge in [0.25, 0.3) is 0 Å². The summed E-state index contributed by atoms with van der Waals surface area (Å²) in [4.78, 5) is 29.1. The number of fused-ring (bicyclic) bond motifs is 1. The SMILES string of the molecule is O=C(O)C1CN(C(=O)Cn2cncn2)Cc2ccccc21. The Morgan fingerprint density at radius 1 is 1.33 bits per heavy atom. The number of hydrogen-bond donors (Lipinski definition) is 1. The molecule has 0 saturated carbocycles. The minimum absolute atomic E-state index is 0.0640. The van der Waals surface area contributed by atoms with E-state index in [0.717, 1.165) is 11.1 Å². The van der Waals surface area contributed by atoms with E-state index in [9.17, 15) is 14.7 Å². The van der Waals surface area contributed by atoms with Crippen molar-refractivity contribution in [3.63, 3.8) is 0 Å². The van der Waals surface area contributed by atoms with Crippen LogP contribution in [0.5, 0.6) is 0 Å². The van der Waals surface area contributed by atoms with E-state index < -0.39 is 11.9 Å². The number of carbonyl (C=O) groups is 2. The molecule has 1 aliphatic heterocycles. The zero-order valence-electron chi connectivity index (χ0n) is 11.2.